The molecule has 2 amide bonds. The number of esters is 1. The highest BCUT2D eigenvalue weighted by atomic mass is 16.7. The van der Waals surface area contributed by atoms with Crippen LogP contribution >= 0.6 is 0 Å². The largest absolute Gasteiger partial charge is 0.508 e. The molecule has 0 radical (unpaired) electrons. The van der Waals surface area contributed by atoms with Gasteiger partial charge in [-0.15, -0.1) is 0 Å². The fourth-order valence-electron chi connectivity index (χ4n) is 3.79. The monoisotopic (exact) mass is 365 g/mol. The van der Waals surface area contributed by atoms with Crippen LogP contribution in [0.25, 0.3) is 0 Å². The molecule has 0 N–H and O–H groups in total. The van der Waals surface area contributed by atoms with Crippen molar-refractivity contribution in [1.82, 2.24) is 4.90 Å². The minimum Gasteiger partial charge on any atom is -0.465 e. The van der Waals surface area contributed by atoms with Crippen molar-refractivity contribution in [2.24, 2.45) is 17.3 Å². The fourth-order valence-corrected chi connectivity index (χ4v) is 3.79. The number of nitrogens with zero attached hydrogens (tertiary/aromatic N) is 1. The number of likely N-dealkylation sites (tertiary alicyclic amines) is 1. The highest BCUT2D eigenvalue weighted by Gasteiger charge is 2.60. The van der Waals surface area contributed by atoms with E-state index in [9.17, 15) is 19.2 Å². The topological polar surface area (TPSA) is 108 Å². The first-order chi connectivity index (χ1) is 12.4. The van der Waals surface area contributed by atoms with Crippen molar-refractivity contribution in [3.63, 3.8) is 0 Å². The Morgan fingerprint density at radius 1 is 1.15 bits per heavy atom. The van der Waals surface area contributed by atoms with Gasteiger partial charge < -0.3 is 18.9 Å². The molecule has 2 bridgehead atoms. The van der Waals surface area contributed by atoms with E-state index in [2.05, 4.69) is 0 Å². The number of amides is 2. The first kappa shape index (κ1) is 17.0. The quantitative estimate of drug-likeness (QED) is 0.291. The van der Waals surface area contributed by atoms with Gasteiger partial charge in [-0.2, -0.15) is 0 Å². The average molecular weight is 365 g/mol. The molecular formula is C17H19NO8. The number of hydrogen-bond acceptors (Lipinski definition) is 8. The number of ether oxygens (including phenoxy) is 4. The average Bonchev–Trinajstić information content (AvgIpc) is 3.30. The molecule has 0 aromatic rings. The van der Waals surface area contributed by atoms with Crippen LogP contribution in [-0.4, -0.2) is 67.4 Å². The molecule has 4 aliphatic heterocycles. The summed E-state index contributed by atoms with van der Waals surface area (Å²) >= 11 is 0. The van der Waals surface area contributed by atoms with E-state index < -0.39 is 29.4 Å². The zero-order valence-electron chi connectivity index (χ0n) is 14.2. The molecule has 140 valence electrons. The third kappa shape index (κ3) is 2.57. The maximum Gasteiger partial charge on any atom is 0.508 e. The number of imide groups is 1. The van der Waals surface area contributed by atoms with Crippen molar-refractivity contribution >= 4 is 23.9 Å². The first-order valence-corrected chi connectivity index (χ1v) is 8.56. The summed E-state index contributed by atoms with van der Waals surface area (Å²) < 4.78 is 20.2. The second-order valence-electron chi connectivity index (χ2n) is 7.21. The highest BCUT2D eigenvalue weighted by molar-refractivity contribution is 6.06. The van der Waals surface area contributed by atoms with Crippen molar-refractivity contribution in [3.05, 3.63) is 12.2 Å². The van der Waals surface area contributed by atoms with Crippen LogP contribution in [0.5, 0.6) is 0 Å². The van der Waals surface area contributed by atoms with E-state index in [0.717, 1.165) is 0 Å². The van der Waals surface area contributed by atoms with Crippen LogP contribution in [0.15, 0.2) is 12.2 Å². The number of hydrogen-bond donors (Lipinski definition) is 0. The molecule has 9 nitrogen and oxygen atoms in total. The third-order valence-corrected chi connectivity index (χ3v) is 5.27. The molecule has 26 heavy (non-hydrogen) atoms. The van der Waals surface area contributed by atoms with Crippen molar-refractivity contribution in [2.75, 3.05) is 26.4 Å². The molecule has 4 heterocycles. The number of carbonyl (C=O) groups is 4. The SMILES string of the molecule is CC1(C(=O)OCCCN2C(=O)C3[C@@H](C2=O)C2C=C[C@H]3O2)COC(=O)OC1. The molecule has 0 spiro atoms. The minimum absolute atomic E-state index is 0.0520. The van der Waals surface area contributed by atoms with Gasteiger partial charge in [0, 0.05) is 6.54 Å². The van der Waals surface area contributed by atoms with E-state index >= 15 is 0 Å². The Kier molecular flexibility index (Phi) is 3.98. The Labute approximate surface area is 149 Å². The van der Waals surface area contributed by atoms with Gasteiger partial charge in [-0.05, 0) is 13.3 Å². The smallest absolute Gasteiger partial charge is 0.465 e. The fraction of sp³-hybridized carbons (Fsp3) is 0.647. The van der Waals surface area contributed by atoms with E-state index in [1.165, 1.54) is 4.90 Å². The summed E-state index contributed by atoms with van der Waals surface area (Å²) in [4.78, 5) is 49.2. The Bertz CT molecular complexity index is 661. The van der Waals surface area contributed by atoms with Crippen LogP contribution in [-0.2, 0) is 33.3 Å². The number of carbonyl (C=O) groups excluding carboxylic acids is 4. The van der Waals surface area contributed by atoms with Crippen LogP contribution in [0.1, 0.15) is 13.3 Å². The summed E-state index contributed by atoms with van der Waals surface area (Å²) in [5.74, 6) is -1.83. The molecule has 4 aliphatic rings. The molecule has 4 rings (SSSR count). The van der Waals surface area contributed by atoms with Gasteiger partial charge in [0.05, 0.1) is 30.7 Å². The molecule has 0 aliphatic carbocycles. The Morgan fingerprint density at radius 2 is 1.73 bits per heavy atom. The molecule has 4 atom stereocenters. The van der Waals surface area contributed by atoms with Crippen molar-refractivity contribution in [3.8, 4) is 0 Å². The maximum absolute atomic E-state index is 12.5. The number of rotatable bonds is 5. The van der Waals surface area contributed by atoms with E-state index in [4.69, 9.17) is 18.9 Å². The van der Waals surface area contributed by atoms with Gasteiger partial charge in [-0.25, -0.2) is 4.79 Å². The summed E-state index contributed by atoms with van der Waals surface area (Å²) in [5.41, 5.74) is -1.05. The van der Waals surface area contributed by atoms with Crippen LogP contribution in [0.2, 0.25) is 0 Å². The summed E-state index contributed by atoms with van der Waals surface area (Å²) in [6, 6.07) is 0. The van der Waals surface area contributed by atoms with Gasteiger partial charge in [0.1, 0.15) is 18.6 Å². The molecule has 0 aromatic carbocycles. The molecule has 9 heteroatoms. The lowest BCUT2D eigenvalue weighted by atomic mass is 9.85. The Hall–Kier alpha value is -2.42. The highest BCUT2D eigenvalue weighted by Crippen LogP contribution is 2.45. The second kappa shape index (κ2) is 6.08. The van der Waals surface area contributed by atoms with E-state index in [-0.39, 0.29) is 50.4 Å². The van der Waals surface area contributed by atoms with Gasteiger partial charge in [0.25, 0.3) is 0 Å². The summed E-state index contributed by atoms with van der Waals surface area (Å²) in [7, 11) is 0. The van der Waals surface area contributed by atoms with Crippen LogP contribution < -0.4 is 0 Å². The molecular weight excluding hydrogens is 346 g/mol. The van der Waals surface area contributed by atoms with E-state index in [1.807, 2.05) is 12.2 Å². The van der Waals surface area contributed by atoms with Crippen molar-refractivity contribution in [2.45, 2.75) is 25.6 Å². The third-order valence-electron chi connectivity index (χ3n) is 5.27. The van der Waals surface area contributed by atoms with E-state index in [0.29, 0.717) is 6.42 Å². The lowest BCUT2D eigenvalue weighted by Gasteiger charge is -2.29. The first-order valence-electron chi connectivity index (χ1n) is 8.56. The van der Waals surface area contributed by atoms with Crippen LogP contribution in [0.3, 0.4) is 0 Å². The Balaban J connectivity index is 1.26. The standard InChI is InChI=1S/C17H19NO8/c1-17(7-24-16(22)25-8-17)15(21)23-6-2-5-18-13(19)11-9-3-4-10(26-9)12(11)14(18)20/h3-4,9-12H,2,5-8H2,1H3/t9-,10?,11?,12+/m1/s1. The maximum atomic E-state index is 12.5. The molecule has 3 fully saturated rings. The van der Waals surface area contributed by atoms with Crippen molar-refractivity contribution < 1.29 is 38.1 Å². The van der Waals surface area contributed by atoms with Gasteiger partial charge in [-0.3, -0.25) is 19.3 Å². The predicted molar refractivity (Wildman–Crippen MR) is 82.5 cm³/mol. The number of fused-ring (bicyclic) bond motifs is 5. The Morgan fingerprint density at radius 3 is 2.31 bits per heavy atom. The summed E-state index contributed by atoms with van der Waals surface area (Å²) in [6.07, 6.45) is 2.59. The van der Waals surface area contributed by atoms with E-state index in [1.54, 1.807) is 6.92 Å². The predicted octanol–water partition coefficient (Wildman–Crippen LogP) is 0.0312. The zero-order chi connectivity index (χ0) is 18.5. The normalized spacial score (nSPS) is 33.9. The van der Waals surface area contributed by atoms with Gasteiger partial charge >= 0.3 is 12.1 Å². The second-order valence-corrected chi connectivity index (χ2v) is 7.21. The minimum atomic E-state index is -1.05. The lowest BCUT2D eigenvalue weighted by molar-refractivity contribution is -0.166. The van der Waals surface area contributed by atoms with Gasteiger partial charge in [-0.1, -0.05) is 12.2 Å². The molecule has 2 unspecified atom stereocenters. The summed E-state index contributed by atoms with van der Waals surface area (Å²) in [6.45, 7) is 1.62. The zero-order valence-corrected chi connectivity index (χ0v) is 14.2. The number of cyclic esters (lactones) is 2. The molecule has 3 saturated heterocycles. The van der Waals surface area contributed by atoms with Crippen LogP contribution in [0, 0.1) is 17.3 Å². The lowest BCUT2D eigenvalue weighted by Crippen LogP contribution is -2.44. The molecule has 0 saturated carbocycles. The van der Waals surface area contributed by atoms with Gasteiger partial charge in [0.15, 0.2) is 0 Å². The van der Waals surface area contributed by atoms with Crippen LogP contribution in [0.4, 0.5) is 4.79 Å². The summed E-state index contributed by atoms with van der Waals surface area (Å²) in [5, 5.41) is 0. The van der Waals surface area contributed by atoms with Gasteiger partial charge in [0.2, 0.25) is 11.8 Å². The molecule has 0 aromatic heterocycles. The van der Waals surface area contributed by atoms with Crippen molar-refractivity contribution in [1.29, 1.82) is 0 Å².